The van der Waals surface area contributed by atoms with Gasteiger partial charge in [0.15, 0.2) is 0 Å². The standard InChI is InChI=1S/C38H27N3O6/c1-24-7-6-10-33(38(24)41(46)47)28-13-17-29(18-14-28)36-32(31-19-21-34(39(42)43)25(2)23-31)20-22-35(40(44)45)37(36)30-15-11-27(12-16-30)26-8-4-3-5-9-26/h3-23H,1-2H3. The van der Waals surface area contributed by atoms with Gasteiger partial charge in [0, 0.05) is 28.8 Å². The molecule has 6 aromatic carbocycles. The zero-order chi connectivity index (χ0) is 33.2. The molecule has 0 spiro atoms. The van der Waals surface area contributed by atoms with Crippen molar-refractivity contribution in [3.05, 3.63) is 169 Å². The van der Waals surface area contributed by atoms with E-state index in [4.69, 9.17) is 0 Å². The summed E-state index contributed by atoms with van der Waals surface area (Å²) in [7, 11) is 0. The monoisotopic (exact) mass is 621 g/mol. The minimum atomic E-state index is -0.446. The third-order valence-electron chi connectivity index (χ3n) is 8.27. The number of hydrogen-bond acceptors (Lipinski definition) is 6. The summed E-state index contributed by atoms with van der Waals surface area (Å²) in [6, 6.07) is 37.5. The maximum absolute atomic E-state index is 12.5. The molecule has 47 heavy (non-hydrogen) atoms. The van der Waals surface area contributed by atoms with Crippen LogP contribution in [0.15, 0.2) is 127 Å². The maximum atomic E-state index is 12.5. The van der Waals surface area contributed by atoms with Gasteiger partial charge in [-0.3, -0.25) is 30.3 Å². The van der Waals surface area contributed by atoms with Gasteiger partial charge in [0.25, 0.3) is 17.1 Å². The summed E-state index contributed by atoms with van der Waals surface area (Å²) in [5.41, 5.74) is 7.40. The molecule has 6 aromatic rings. The van der Waals surface area contributed by atoms with E-state index in [2.05, 4.69) is 0 Å². The molecule has 0 atom stereocenters. The molecule has 0 aromatic heterocycles. The first-order valence-corrected chi connectivity index (χ1v) is 14.7. The molecule has 0 unspecified atom stereocenters. The van der Waals surface area contributed by atoms with Crippen LogP contribution < -0.4 is 0 Å². The van der Waals surface area contributed by atoms with Crippen LogP contribution in [0, 0.1) is 44.2 Å². The van der Waals surface area contributed by atoms with Gasteiger partial charge in [-0.05, 0) is 77.1 Å². The van der Waals surface area contributed by atoms with Crippen LogP contribution in [0.4, 0.5) is 17.1 Å². The van der Waals surface area contributed by atoms with Crippen LogP contribution in [-0.4, -0.2) is 14.8 Å². The Hall–Kier alpha value is -6.48. The van der Waals surface area contributed by atoms with Crippen LogP contribution in [0.1, 0.15) is 11.1 Å². The smallest absolute Gasteiger partial charge is 0.258 e. The Morgan fingerprint density at radius 3 is 1.53 bits per heavy atom. The number of benzene rings is 6. The molecule has 0 heterocycles. The highest BCUT2D eigenvalue weighted by molar-refractivity contribution is 5.99. The summed E-state index contributed by atoms with van der Waals surface area (Å²) in [6.45, 7) is 3.34. The number of aryl methyl sites for hydroxylation is 2. The summed E-state index contributed by atoms with van der Waals surface area (Å²) >= 11 is 0. The average molecular weight is 622 g/mol. The van der Waals surface area contributed by atoms with Gasteiger partial charge in [-0.1, -0.05) is 91.0 Å². The van der Waals surface area contributed by atoms with Gasteiger partial charge in [-0.15, -0.1) is 0 Å². The van der Waals surface area contributed by atoms with E-state index >= 15 is 0 Å². The second-order valence-corrected chi connectivity index (χ2v) is 11.1. The van der Waals surface area contributed by atoms with Crippen molar-refractivity contribution in [3.63, 3.8) is 0 Å². The van der Waals surface area contributed by atoms with Gasteiger partial charge in [0.1, 0.15) is 0 Å². The van der Waals surface area contributed by atoms with Crippen molar-refractivity contribution in [2.75, 3.05) is 0 Å². The highest BCUT2D eigenvalue weighted by Crippen LogP contribution is 2.46. The normalized spacial score (nSPS) is 10.9. The van der Waals surface area contributed by atoms with E-state index in [1.54, 1.807) is 74.5 Å². The predicted octanol–water partition coefficient (Wildman–Crippen LogP) is 10.4. The summed E-state index contributed by atoms with van der Waals surface area (Å²) in [5, 5.41) is 36.0. The lowest BCUT2D eigenvalue weighted by molar-refractivity contribution is -0.385. The summed E-state index contributed by atoms with van der Waals surface area (Å²) in [5.74, 6) is 0. The van der Waals surface area contributed by atoms with E-state index in [-0.39, 0.29) is 17.1 Å². The SMILES string of the molecule is Cc1cc(-c2ccc([N+](=O)[O-])c(-c3ccc(-c4ccccc4)cc3)c2-c2ccc(-c3cccc(C)c3[N+](=O)[O-])cc2)ccc1[N+](=O)[O-]. The molecule has 6 rings (SSSR count). The van der Waals surface area contributed by atoms with E-state index in [0.29, 0.717) is 55.6 Å². The molecule has 0 saturated heterocycles. The van der Waals surface area contributed by atoms with Crippen LogP contribution >= 0.6 is 0 Å². The highest BCUT2D eigenvalue weighted by Gasteiger charge is 2.26. The first-order valence-electron chi connectivity index (χ1n) is 14.7. The predicted molar refractivity (Wildman–Crippen MR) is 183 cm³/mol. The quantitative estimate of drug-likeness (QED) is 0.123. The molecule has 0 aliphatic rings. The van der Waals surface area contributed by atoms with Crippen molar-refractivity contribution < 1.29 is 14.8 Å². The fourth-order valence-electron chi connectivity index (χ4n) is 6.01. The van der Waals surface area contributed by atoms with Crippen molar-refractivity contribution in [2.24, 2.45) is 0 Å². The van der Waals surface area contributed by atoms with Crippen molar-refractivity contribution >= 4 is 17.1 Å². The van der Waals surface area contributed by atoms with Gasteiger partial charge in [-0.25, -0.2) is 0 Å². The molecular weight excluding hydrogens is 594 g/mol. The lowest BCUT2D eigenvalue weighted by Crippen LogP contribution is -1.99. The van der Waals surface area contributed by atoms with Gasteiger partial charge < -0.3 is 0 Å². The lowest BCUT2D eigenvalue weighted by Gasteiger charge is -2.18. The molecule has 9 nitrogen and oxygen atoms in total. The highest BCUT2D eigenvalue weighted by atomic mass is 16.6. The lowest BCUT2D eigenvalue weighted by atomic mass is 9.85. The van der Waals surface area contributed by atoms with E-state index in [9.17, 15) is 30.3 Å². The Morgan fingerprint density at radius 2 is 0.936 bits per heavy atom. The molecule has 230 valence electrons. The number of nitro benzene ring substituents is 3. The van der Waals surface area contributed by atoms with Crippen LogP contribution in [0.25, 0.3) is 55.6 Å². The number of hydrogen-bond donors (Lipinski definition) is 0. The number of nitro groups is 3. The first-order chi connectivity index (χ1) is 22.6. The molecule has 0 radical (unpaired) electrons. The molecule has 0 saturated carbocycles. The zero-order valence-corrected chi connectivity index (χ0v) is 25.4. The summed E-state index contributed by atoms with van der Waals surface area (Å²) in [4.78, 5) is 34.8. The summed E-state index contributed by atoms with van der Waals surface area (Å²) < 4.78 is 0. The van der Waals surface area contributed by atoms with E-state index in [1.165, 1.54) is 12.1 Å². The summed E-state index contributed by atoms with van der Waals surface area (Å²) in [6.07, 6.45) is 0. The van der Waals surface area contributed by atoms with Crippen molar-refractivity contribution in [1.82, 2.24) is 0 Å². The minimum Gasteiger partial charge on any atom is -0.258 e. The molecular formula is C38H27N3O6. The number of nitrogens with zero attached hydrogens (tertiary/aromatic N) is 3. The zero-order valence-electron chi connectivity index (χ0n) is 25.4. The fraction of sp³-hybridized carbons (Fsp3) is 0.0526. The molecule has 0 aliphatic carbocycles. The molecule has 0 fully saturated rings. The topological polar surface area (TPSA) is 129 Å². The molecule has 0 bridgehead atoms. The minimum absolute atomic E-state index is 0.0110. The molecule has 0 aliphatic heterocycles. The van der Waals surface area contributed by atoms with E-state index in [1.807, 2.05) is 54.6 Å². The van der Waals surface area contributed by atoms with E-state index in [0.717, 1.165) is 11.1 Å². The van der Waals surface area contributed by atoms with Gasteiger partial charge >= 0.3 is 0 Å². The Kier molecular flexibility index (Phi) is 8.12. The first kappa shape index (κ1) is 30.5. The second-order valence-electron chi connectivity index (χ2n) is 11.1. The Morgan fingerprint density at radius 1 is 0.404 bits per heavy atom. The van der Waals surface area contributed by atoms with Crippen LogP contribution in [0.3, 0.4) is 0 Å². The van der Waals surface area contributed by atoms with Gasteiger partial charge in [-0.2, -0.15) is 0 Å². The third kappa shape index (κ3) is 5.85. The molecule has 9 heteroatoms. The largest absolute Gasteiger partial charge is 0.280 e. The third-order valence-corrected chi connectivity index (χ3v) is 8.27. The van der Waals surface area contributed by atoms with Crippen molar-refractivity contribution in [2.45, 2.75) is 13.8 Å². The van der Waals surface area contributed by atoms with Crippen LogP contribution in [-0.2, 0) is 0 Å². The Balaban J connectivity index is 1.60. The molecule has 0 amide bonds. The van der Waals surface area contributed by atoms with E-state index < -0.39 is 14.8 Å². The van der Waals surface area contributed by atoms with Crippen LogP contribution in [0.5, 0.6) is 0 Å². The number of rotatable bonds is 8. The van der Waals surface area contributed by atoms with Gasteiger partial charge in [0.2, 0.25) is 0 Å². The second kappa shape index (κ2) is 12.5. The fourth-order valence-corrected chi connectivity index (χ4v) is 6.01. The number of para-hydroxylation sites is 1. The average Bonchev–Trinajstić information content (AvgIpc) is 3.07. The van der Waals surface area contributed by atoms with Crippen molar-refractivity contribution in [3.8, 4) is 55.6 Å². The maximum Gasteiger partial charge on any atom is 0.280 e. The Labute approximate surface area is 269 Å². The Bertz CT molecular complexity index is 2180. The molecule has 0 N–H and O–H groups in total. The van der Waals surface area contributed by atoms with Crippen molar-refractivity contribution in [1.29, 1.82) is 0 Å². The van der Waals surface area contributed by atoms with Gasteiger partial charge in [0.05, 0.1) is 25.9 Å². The van der Waals surface area contributed by atoms with Crippen LogP contribution in [0.2, 0.25) is 0 Å².